The van der Waals surface area contributed by atoms with Gasteiger partial charge in [-0.05, 0) is 6.92 Å². The summed E-state index contributed by atoms with van der Waals surface area (Å²) < 4.78 is 6.21. The van der Waals surface area contributed by atoms with Crippen molar-refractivity contribution >= 4 is 17.4 Å². The van der Waals surface area contributed by atoms with Crippen molar-refractivity contribution in [1.29, 1.82) is 0 Å². The molecule has 0 saturated carbocycles. The quantitative estimate of drug-likeness (QED) is 0.710. The number of carbonyl (C=O) groups is 1. The number of carbonyl (C=O) groups excluding carboxylic acids is 1. The number of anilines is 2. The number of aromatic nitrogens is 2. The number of aryl methyl sites for hydroxylation is 2. The number of nitrogens with zero attached hydrogens (tertiary/aromatic N) is 2. The van der Waals surface area contributed by atoms with Crippen LogP contribution in [0.4, 0.5) is 11.5 Å². The Kier molecular flexibility index (Phi) is 3.08. The third-order valence-corrected chi connectivity index (χ3v) is 1.80. The fourth-order valence-electron chi connectivity index (χ4n) is 1.12. The number of nitrogens with one attached hydrogen (secondary N) is 1. The second kappa shape index (κ2) is 4.10. The molecule has 0 radical (unpaired) electrons. The van der Waals surface area contributed by atoms with Crippen molar-refractivity contribution in [3.63, 3.8) is 0 Å². The summed E-state index contributed by atoms with van der Waals surface area (Å²) in [6, 6.07) is 0. The lowest BCUT2D eigenvalue weighted by Gasteiger charge is -2.05. The third kappa shape index (κ3) is 2.02. The Hall–Kier alpha value is -1.56. The van der Waals surface area contributed by atoms with Gasteiger partial charge in [0.2, 0.25) is 0 Å². The molecule has 0 atom stereocenters. The maximum atomic E-state index is 11.2. The van der Waals surface area contributed by atoms with Crippen LogP contribution in [-0.4, -0.2) is 29.4 Å². The summed E-state index contributed by atoms with van der Waals surface area (Å²) >= 11 is 0. The smallest absolute Gasteiger partial charge is 0.251 e. The molecule has 0 saturated heterocycles. The van der Waals surface area contributed by atoms with Crippen LogP contribution >= 0.6 is 0 Å². The maximum Gasteiger partial charge on any atom is 0.251 e. The lowest BCUT2D eigenvalue weighted by Crippen LogP contribution is -2.19. The first-order valence-electron chi connectivity index (χ1n) is 4.14. The SMILES string of the molecule is COCC(=O)Nc1c(N)c(C)nn1C. The number of hydrogen-bond donors (Lipinski definition) is 2. The molecule has 0 aliphatic heterocycles. The van der Waals surface area contributed by atoms with Gasteiger partial charge in [-0.15, -0.1) is 0 Å². The molecule has 0 bridgehead atoms. The molecule has 0 fully saturated rings. The zero-order chi connectivity index (χ0) is 10.7. The first-order chi connectivity index (χ1) is 6.56. The predicted octanol–water partition coefficient (Wildman–Crippen LogP) is -0.104. The van der Waals surface area contributed by atoms with Crippen molar-refractivity contribution in [2.45, 2.75) is 6.92 Å². The topological polar surface area (TPSA) is 82.2 Å². The van der Waals surface area contributed by atoms with Gasteiger partial charge in [-0.2, -0.15) is 5.10 Å². The van der Waals surface area contributed by atoms with E-state index in [2.05, 4.69) is 15.2 Å². The van der Waals surface area contributed by atoms with Crippen LogP contribution in [0.3, 0.4) is 0 Å². The van der Waals surface area contributed by atoms with Crippen LogP contribution in [0, 0.1) is 6.92 Å². The molecular weight excluding hydrogens is 184 g/mol. The van der Waals surface area contributed by atoms with E-state index in [-0.39, 0.29) is 12.5 Å². The Balaban J connectivity index is 2.81. The Morgan fingerprint density at radius 3 is 2.79 bits per heavy atom. The number of nitrogen functional groups attached to an aromatic ring is 1. The van der Waals surface area contributed by atoms with Crippen molar-refractivity contribution < 1.29 is 9.53 Å². The minimum Gasteiger partial charge on any atom is -0.394 e. The molecule has 0 aliphatic carbocycles. The van der Waals surface area contributed by atoms with Gasteiger partial charge in [-0.25, -0.2) is 0 Å². The number of rotatable bonds is 3. The normalized spacial score (nSPS) is 10.2. The zero-order valence-electron chi connectivity index (χ0n) is 8.50. The fourth-order valence-corrected chi connectivity index (χ4v) is 1.12. The van der Waals surface area contributed by atoms with Gasteiger partial charge in [0.1, 0.15) is 6.61 Å². The van der Waals surface area contributed by atoms with E-state index < -0.39 is 0 Å². The van der Waals surface area contributed by atoms with Crippen LogP contribution < -0.4 is 11.1 Å². The van der Waals surface area contributed by atoms with Crippen LogP contribution in [0.25, 0.3) is 0 Å². The molecule has 6 nitrogen and oxygen atoms in total. The van der Waals surface area contributed by atoms with E-state index in [1.807, 2.05) is 0 Å². The molecular formula is C8H14N4O2. The predicted molar refractivity (Wildman–Crippen MR) is 52.9 cm³/mol. The molecule has 6 heteroatoms. The minimum atomic E-state index is -0.248. The molecule has 3 N–H and O–H groups in total. The third-order valence-electron chi connectivity index (χ3n) is 1.80. The van der Waals surface area contributed by atoms with E-state index in [4.69, 9.17) is 5.73 Å². The average molecular weight is 198 g/mol. The molecule has 0 aliphatic rings. The summed E-state index contributed by atoms with van der Waals surface area (Å²) in [7, 11) is 3.17. The molecule has 0 unspecified atom stereocenters. The van der Waals surface area contributed by atoms with E-state index in [9.17, 15) is 4.79 Å². The second-order valence-electron chi connectivity index (χ2n) is 2.95. The van der Waals surface area contributed by atoms with Crippen molar-refractivity contribution in [3.05, 3.63) is 5.69 Å². The summed E-state index contributed by atoms with van der Waals surface area (Å²) in [4.78, 5) is 11.2. The number of hydrogen-bond acceptors (Lipinski definition) is 4. The van der Waals surface area contributed by atoms with Gasteiger partial charge in [0.15, 0.2) is 5.82 Å². The van der Waals surface area contributed by atoms with Crippen molar-refractivity contribution in [2.24, 2.45) is 7.05 Å². The lowest BCUT2D eigenvalue weighted by molar-refractivity contribution is -0.119. The van der Waals surface area contributed by atoms with Gasteiger partial charge in [-0.3, -0.25) is 9.48 Å². The number of nitrogens with two attached hydrogens (primary N) is 1. The van der Waals surface area contributed by atoms with E-state index in [0.717, 1.165) is 0 Å². The highest BCUT2D eigenvalue weighted by molar-refractivity contribution is 5.93. The van der Waals surface area contributed by atoms with E-state index in [1.165, 1.54) is 11.8 Å². The molecule has 1 heterocycles. The van der Waals surface area contributed by atoms with Crippen molar-refractivity contribution in [1.82, 2.24) is 9.78 Å². The van der Waals surface area contributed by atoms with Gasteiger partial charge < -0.3 is 15.8 Å². The molecule has 1 amide bonds. The van der Waals surface area contributed by atoms with Gasteiger partial charge in [-0.1, -0.05) is 0 Å². The van der Waals surface area contributed by atoms with Crippen LogP contribution in [0.2, 0.25) is 0 Å². The maximum absolute atomic E-state index is 11.2. The van der Waals surface area contributed by atoms with Gasteiger partial charge >= 0.3 is 0 Å². The molecule has 14 heavy (non-hydrogen) atoms. The van der Waals surface area contributed by atoms with Gasteiger partial charge in [0.25, 0.3) is 5.91 Å². The molecule has 78 valence electrons. The van der Waals surface area contributed by atoms with Gasteiger partial charge in [0.05, 0.1) is 11.4 Å². The lowest BCUT2D eigenvalue weighted by atomic mass is 10.4. The number of methoxy groups -OCH3 is 1. The first kappa shape index (κ1) is 10.5. The summed E-state index contributed by atoms with van der Waals surface area (Å²) in [6.45, 7) is 1.78. The highest BCUT2D eigenvalue weighted by atomic mass is 16.5. The Morgan fingerprint density at radius 1 is 1.71 bits per heavy atom. The molecule has 0 aromatic carbocycles. The van der Waals surface area contributed by atoms with E-state index >= 15 is 0 Å². The van der Waals surface area contributed by atoms with Gasteiger partial charge in [0, 0.05) is 14.2 Å². The second-order valence-corrected chi connectivity index (χ2v) is 2.95. The molecule has 1 rings (SSSR count). The van der Waals surface area contributed by atoms with Crippen LogP contribution in [0.5, 0.6) is 0 Å². The molecule has 0 spiro atoms. The Bertz CT molecular complexity index is 345. The van der Waals surface area contributed by atoms with Crippen molar-refractivity contribution in [3.8, 4) is 0 Å². The first-order valence-corrected chi connectivity index (χ1v) is 4.14. The van der Waals surface area contributed by atoms with Crippen LogP contribution in [0.1, 0.15) is 5.69 Å². The largest absolute Gasteiger partial charge is 0.394 e. The minimum absolute atomic E-state index is 0.00364. The fraction of sp³-hybridized carbons (Fsp3) is 0.500. The Labute approximate surface area is 82.0 Å². The summed E-state index contributed by atoms with van der Waals surface area (Å²) in [5.74, 6) is 0.256. The standard InChI is InChI=1S/C8H14N4O2/c1-5-7(9)8(12(2)11-5)10-6(13)4-14-3/h4,9H2,1-3H3,(H,10,13). The molecule has 1 aromatic rings. The summed E-state index contributed by atoms with van der Waals surface area (Å²) in [5.41, 5.74) is 6.89. The van der Waals surface area contributed by atoms with Crippen molar-refractivity contribution in [2.75, 3.05) is 24.8 Å². The monoisotopic (exact) mass is 198 g/mol. The zero-order valence-corrected chi connectivity index (χ0v) is 8.50. The molecule has 1 aromatic heterocycles. The number of ether oxygens (including phenoxy) is 1. The number of amides is 1. The van der Waals surface area contributed by atoms with E-state index in [0.29, 0.717) is 17.2 Å². The highest BCUT2D eigenvalue weighted by Gasteiger charge is 2.12. The van der Waals surface area contributed by atoms with Crippen LogP contribution in [-0.2, 0) is 16.6 Å². The highest BCUT2D eigenvalue weighted by Crippen LogP contribution is 2.20. The summed E-state index contributed by atoms with van der Waals surface area (Å²) in [6.07, 6.45) is 0. The summed E-state index contributed by atoms with van der Waals surface area (Å²) in [5, 5.41) is 6.67. The van der Waals surface area contributed by atoms with Crippen LogP contribution in [0.15, 0.2) is 0 Å². The van der Waals surface area contributed by atoms with E-state index in [1.54, 1.807) is 14.0 Å². The average Bonchev–Trinajstić information content (AvgIpc) is 2.33. The Morgan fingerprint density at radius 2 is 2.36 bits per heavy atom.